The van der Waals surface area contributed by atoms with Crippen molar-refractivity contribution < 1.29 is 14.9 Å². The number of rotatable bonds is 2. The average molecular weight is 320 g/mol. The van der Waals surface area contributed by atoms with Crippen molar-refractivity contribution in [1.82, 2.24) is 0 Å². The Morgan fingerprint density at radius 2 is 1.96 bits per heavy atom. The fourth-order valence-electron chi connectivity index (χ4n) is 3.23. The van der Waals surface area contributed by atoms with E-state index in [1.807, 2.05) is 6.08 Å². The van der Waals surface area contributed by atoms with Crippen molar-refractivity contribution in [3.63, 3.8) is 0 Å². The molecule has 23 heavy (non-hydrogen) atoms. The number of epoxide rings is 1. The summed E-state index contributed by atoms with van der Waals surface area (Å²) in [6.07, 6.45) is 12.6. The summed E-state index contributed by atoms with van der Waals surface area (Å²) < 4.78 is 5.91. The number of ether oxygens (including phenoxy) is 1. The maximum atomic E-state index is 10.4. The number of aliphatic hydroxyl groups excluding tert-OH is 1. The number of allylic oxidation sites excluding steroid dienone is 5. The van der Waals surface area contributed by atoms with Crippen LogP contribution in [0.5, 0.6) is 0 Å². The maximum Gasteiger partial charge on any atom is 0.106 e. The summed E-state index contributed by atoms with van der Waals surface area (Å²) >= 11 is 0. The summed E-state index contributed by atoms with van der Waals surface area (Å²) in [4.78, 5) is 0. The summed E-state index contributed by atoms with van der Waals surface area (Å²) in [7, 11) is 0. The fraction of sp³-hybridized carbons (Fsp3) is 0.700. The van der Waals surface area contributed by atoms with E-state index in [-0.39, 0.29) is 12.2 Å². The molecule has 1 saturated heterocycles. The van der Waals surface area contributed by atoms with E-state index in [9.17, 15) is 10.2 Å². The molecular weight excluding hydrogens is 288 g/mol. The first kappa shape index (κ1) is 18.4. The van der Waals surface area contributed by atoms with Gasteiger partial charge in [0.1, 0.15) is 5.60 Å². The second kappa shape index (κ2) is 7.33. The minimum absolute atomic E-state index is 0.0722. The second-order valence-corrected chi connectivity index (χ2v) is 7.68. The van der Waals surface area contributed by atoms with Gasteiger partial charge < -0.3 is 14.9 Å². The Balaban J connectivity index is 2.18. The molecule has 1 fully saturated rings. The first-order valence-electron chi connectivity index (χ1n) is 8.80. The van der Waals surface area contributed by atoms with Crippen LogP contribution < -0.4 is 0 Å². The highest BCUT2D eigenvalue weighted by Gasteiger charge is 2.50. The van der Waals surface area contributed by atoms with Crippen LogP contribution in [0.1, 0.15) is 66.2 Å². The van der Waals surface area contributed by atoms with Crippen molar-refractivity contribution in [3.05, 3.63) is 34.9 Å². The van der Waals surface area contributed by atoms with Gasteiger partial charge in [-0.25, -0.2) is 0 Å². The van der Waals surface area contributed by atoms with Crippen molar-refractivity contribution in [3.8, 4) is 0 Å². The Morgan fingerprint density at radius 1 is 1.22 bits per heavy atom. The van der Waals surface area contributed by atoms with Crippen LogP contribution in [0.15, 0.2) is 34.9 Å². The molecule has 0 radical (unpaired) electrons. The monoisotopic (exact) mass is 320 g/mol. The SMILES string of the molecule is C/C1=C\CC[C@@]2(C)O[C@@H]2CC/C(C)=C/C=C(/C(C)(O)CO)CC1. The molecule has 3 heteroatoms. The number of hydrogen-bond acceptors (Lipinski definition) is 3. The largest absolute Gasteiger partial charge is 0.393 e. The van der Waals surface area contributed by atoms with Gasteiger partial charge in [-0.05, 0) is 71.8 Å². The van der Waals surface area contributed by atoms with Crippen molar-refractivity contribution in [2.24, 2.45) is 0 Å². The third-order valence-corrected chi connectivity index (χ3v) is 5.33. The average Bonchev–Trinajstić information content (AvgIpc) is 3.14. The maximum absolute atomic E-state index is 10.4. The summed E-state index contributed by atoms with van der Waals surface area (Å²) in [5.74, 6) is 0. The molecule has 1 heterocycles. The van der Waals surface area contributed by atoms with E-state index in [4.69, 9.17) is 4.74 Å². The van der Waals surface area contributed by atoms with Gasteiger partial charge in [0, 0.05) is 0 Å². The van der Waals surface area contributed by atoms with E-state index >= 15 is 0 Å². The van der Waals surface area contributed by atoms with Crippen LogP contribution in [0.3, 0.4) is 0 Å². The fourth-order valence-corrected chi connectivity index (χ4v) is 3.23. The molecule has 130 valence electrons. The lowest BCUT2D eigenvalue weighted by atomic mass is 9.89. The van der Waals surface area contributed by atoms with Gasteiger partial charge in [-0.15, -0.1) is 0 Å². The van der Waals surface area contributed by atoms with Crippen molar-refractivity contribution >= 4 is 0 Å². The minimum atomic E-state index is -1.15. The van der Waals surface area contributed by atoms with Crippen LogP contribution in [0.25, 0.3) is 0 Å². The number of hydrogen-bond donors (Lipinski definition) is 2. The van der Waals surface area contributed by atoms with E-state index in [1.54, 1.807) is 6.92 Å². The minimum Gasteiger partial charge on any atom is -0.393 e. The Morgan fingerprint density at radius 3 is 2.65 bits per heavy atom. The van der Waals surface area contributed by atoms with Crippen LogP contribution in [-0.4, -0.2) is 34.1 Å². The lowest BCUT2D eigenvalue weighted by molar-refractivity contribution is 0.0307. The molecule has 2 N–H and O–H groups in total. The van der Waals surface area contributed by atoms with Gasteiger partial charge in [0.25, 0.3) is 0 Å². The van der Waals surface area contributed by atoms with E-state index in [2.05, 4.69) is 32.9 Å². The molecular formula is C20H32O3. The third kappa shape index (κ3) is 5.03. The highest BCUT2D eigenvalue weighted by atomic mass is 16.6. The van der Waals surface area contributed by atoms with E-state index in [0.29, 0.717) is 6.10 Å². The van der Waals surface area contributed by atoms with E-state index in [1.165, 1.54) is 11.1 Å². The number of aliphatic hydroxyl groups is 2. The van der Waals surface area contributed by atoms with Crippen LogP contribution in [0.2, 0.25) is 0 Å². The highest BCUT2D eigenvalue weighted by Crippen LogP contribution is 2.43. The summed E-state index contributed by atoms with van der Waals surface area (Å²) in [6, 6.07) is 0. The molecule has 2 rings (SSSR count). The Labute approximate surface area is 140 Å². The molecule has 1 unspecified atom stereocenters. The molecule has 1 aliphatic carbocycles. The van der Waals surface area contributed by atoms with E-state index < -0.39 is 5.60 Å². The first-order valence-corrected chi connectivity index (χ1v) is 8.80. The van der Waals surface area contributed by atoms with Crippen LogP contribution in [-0.2, 0) is 4.74 Å². The van der Waals surface area contributed by atoms with Crippen molar-refractivity contribution in [2.45, 2.75) is 83.5 Å². The smallest absolute Gasteiger partial charge is 0.106 e. The zero-order valence-electron chi connectivity index (χ0n) is 15.1. The molecule has 1 aliphatic heterocycles. The lowest BCUT2D eigenvalue weighted by Gasteiger charge is -2.24. The summed E-state index contributed by atoms with van der Waals surface area (Å²) in [6.45, 7) is 7.93. The van der Waals surface area contributed by atoms with Gasteiger partial charge in [0.05, 0.1) is 18.3 Å². The molecule has 0 aromatic carbocycles. The molecule has 3 nitrogen and oxygen atoms in total. The zero-order chi connectivity index (χ0) is 17.1. The van der Waals surface area contributed by atoms with Crippen LogP contribution in [0.4, 0.5) is 0 Å². The van der Waals surface area contributed by atoms with Gasteiger partial charge in [0.2, 0.25) is 0 Å². The molecule has 3 atom stereocenters. The first-order chi connectivity index (χ1) is 10.8. The molecule has 0 aromatic heterocycles. The molecule has 2 aliphatic rings. The van der Waals surface area contributed by atoms with Gasteiger partial charge >= 0.3 is 0 Å². The topological polar surface area (TPSA) is 53.0 Å². The molecule has 0 bridgehead atoms. The predicted molar refractivity (Wildman–Crippen MR) is 94.3 cm³/mol. The van der Waals surface area contributed by atoms with E-state index in [0.717, 1.165) is 44.1 Å². The Kier molecular flexibility index (Phi) is 5.88. The Bertz CT molecular complexity index is 513. The Hall–Kier alpha value is -0.900. The predicted octanol–water partition coefficient (Wildman–Crippen LogP) is 4.06. The standard InChI is InChI=1S/C20H32O3/c1-15-6-5-13-20(4)18(23-20)12-9-16(2)8-11-17(10-7-15)19(3,22)14-21/h6,8,11,18,21-22H,5,7,9-10,12-14H2,1-4H3/b15-6+,16-8+,17-11+/t18-,19?,20-/m1/s1. The number of fused-ring (bicyclic) bond motifs is 1. The molecule has 0 amide bonds. The molecule has 0 spiro atoms. The molecule has 0 saturated carbocycles. The van der Waals surface area contributed by atoms with Crippen LogP contribution >= 0.6 is 0 Å². The van der Waals surface area contributed by atoms with Gasteiger partial charge in [-0.3, -0.25) is 0 Å². The van der Waals surface area contributed by atoms with Gasteiger partial charge in [0.15, 0.2) is 0 Å². The van der Waals surface area contributed by atoms with Crippen molar-refractivity contribution in [2.75, 3.05) is 6.61 Å². The highest BCUT2D eigenvalue weighted by molar-refractivity contribution is 5.25. The zero-order valence-corrected chi connectivity index (χ0v) is 15.1. The summed E-state index contributed by atoms with van der Waals surface area (Å²) in [5, 5.41) is 19.9. The summed E-state index contributed by atoms with van der Waals surface area (Å²) in [5.41, 5.74) is 2.45. The van der Waals surface area contributed by atoms with Gasteiger partial charge in [-0.1, -0.05) is 29.4 Å². The second-order valence-electron chi connectivity index (χ2n) is 7.68. The van der Waals surface area contributed by atoms with Gasteiger partial charge in [-0.2, -0.15) is 0 Å². The quantitative estimate of drug-likeness (QED) is 0.596. The lowest BCUT2D eigenvalue weighted by Crippen LogP contribution is -2.31. The normalized spacial score (nSPS) is 39.4. The van der Waals surface area contributed by atoms with Crippen molar-refractivity contribution in [1.29, 1.82) is 0 Å². The van der Waals surface area contributed by atoms with Crippen LogP contribution in [0, 0.1) is 0 Å². The third-order valence-electron chi connectivity index (χ3n) is 5.33. The molecule has 0 aromatic rings.